The number of nitrogens with one attached hydrogen (secondary N) is 1. The summed E-state index contributed by atoms with van der Waals surface area (Å²) in [5, 5.41) is 3.28. The standard InChI is InChI=1S/C10H11ClFNO/c1-2-6-5-13-9-3-7(11)8(12)4-10(9)14-6/h3-4,6,13H,2,5H2,1H3. The van der Waals surface area contributed by atoms with Crippen LogP contribution in [-0.2, 0) is 0 Å². The quantitative estimate of drug-likeness (QED) is 0.778. The van der Waals surface area contributed by atoms with Crippen LogP contribution in [0.15, 0.2) is 12.1 Å². The molecule has 1 heterocycles. The number of benzene rings is 1. The number of halogens is 2. The van der Waals surface area contributed by atoms with E-state index in [0.29, 0.717) is 5.75 Å². The first kappa shape index (κ1) is 9.59. The average molecular weight is 216 g/mol. The van der Waals surface area contributed by atoms with Crippen molar-refractivity contribution in [2.45, 2.75) is 19.4 Å². The maximum atomic E-state index is 13.1. The SMILES string of the molecule is CCC1CNc2cc(Cl)c(F)cc2O1. The summed E-state index contributed by atoms with van der Waals surface area (Å²) in [5.41, 5.74) is 0.765. The molecule has 1 aromatic carbocycles. The van der Waals surface area contributed by atoms with Crippen molar-refractivity contribution >= 4 is 17.3 Å². The van der Waals surface area contributed by atoms with Gasteiger partial charge in [-0.05, 0) is 12.5 Å². The Hall–Kier alpha value is -0.960. The van der Waals surface area contributed by atoms with E-state index in [9.17, 15) is 4.39 Å². The first-order valence-electron chi connectivity index (χ1n) is 4.60. The van der Waals surface area contributed by atoms with Gasteiger partial charge in [0, 0.05) is 6.07 Å². The second-order valence-corrected chi connectivity index (χ2v) is 3.70. The molecule has 14 heavy (non-hydrogen) atoms. The molecular weight excluding hydrogens is 205 g/mol. The Labute approximate surface area is 87.0 Å². The molecule has 76 valence electrons. The first-order chi connectivity index (χ1) is 6.70. The summed E-state index contributed by atoms with van der Waals surface area (Å²) in [6.45, 7) is 2.77. The van der Waals surface area contributed by atoms with Gasteiger partial charge in [0.1, 0.15) is 17.7 Å². The minimum absolute atomic E-state index is 0.114. The summed E-state index contributed by atoms with van der Waals surface area (Å²) in [5.74, 6) is 0.106. The maximum Gasteiger partial charge on any atom is 0.145 e. The maximum absolute atomic E-state index is 13.1. The lowest BCUT2D eigenvalue weighted by atomic mass is 10.2. The molecule has 1 N–H and O–H groups in total. The normalized spacial score (nSPS) is 19.5. The van der Waals surface area contributed by atoms with E-state index in [1.165, 1.54) is 6.07 Å². The van der Waals surface area contributed by atoms with Crippen molar-refractivity contribution in [2.75, 3.05) is 11.9 Å². The summed E-state index contributed by atoms with van der Waals surface area (Å²) in [7, 11) is 0. The molecule has 2 nitrogen and oxygen atoms in total. The van der Waals surface area contributed by atoms with Gasteiger partial charge in [-0.1, -0.05) is 18.5 Å². The van der Waals surface area contributed by atoms with Gasteiger partial charge in [-0.2, -0.15) is 0 Å². The fourth-order valence-electron chi connectivity index (χ4n) is 1.44. The van der Waals surface area contributed by atoms with Crippen LogP contribution >= 0.6 is 11.6 Å². The molecule has 0 spiro atoms. The second-order valence-electron chi connectivity index (χ2n) is 3.29. The van der Waals surface area contributed by atoms with Gasteiger partial charge in [-0.3, -0.25) is 0 Å². The van der Waals surface area contributed by atoms with Crippen molar-refractivity contribution in [1.29, 1.82) is 0 Å². The van der Waals surface area contributed by atoms with Gasteiger partial charge in [-0.15, -0.1) is 0 Å². The van der Waals surface area contributed by atoms with Crippen LogP contribution in [0, 0.1) is 5.82 Å². The van der Waals surface area contributed by atoms with Crippen LogP contribution in [-0.4, -0.2) is 12.6 Å². The molecule has 0 fully saturated rings. The summed E-state index contributed by atoms with van der Waals surface area (Å²) < 4.78 is 18.7. The van der Waals surface area contributed by atoms with E-state index in [0.717, 1.165) is 18.7 Å². The minimum Gasteiger partial charge on any atom is -0.486 e. The van der Waals surface area contributed by atoms with Crippen molar-refractivity contribution in [3.8, 4) is 5.75 Å². The van der Waals surface area contributed by atoms with Gasteiger partial charge < -0.3 is 10.1 Å². The van der Waals surface area contributed by atoms with E-state index in [2.05, 4.69) is 5.32 Å². The molecule has 0 aromatic heterocycles. The number of rotatable bonds is 1. The Morgan fingerprint density at radius 1 is 1.64 bits per heavy atom. The predicted molar refractivity (Wildman–Crippen MR) is 54.6 cm³/mol. The lowest BCUT2D eigenvalue weighted by Gasteiger charge is -2.26. The molecule has 1 aromatic rings. The van der Waals surface area contributed by atoms with E-state index < -0.39 is 5.82 Å². The number of fused-ring (bicyclic) bond motifs is 1. The van der Waals surface area contributed by atoms with Crippen LogP contribution < -0.4 is 10.1 Å². The zero-order valence-electron chi connectivity index (χ0n) is 7.81. The Bertz CT molecular complexity index is 356. The van der Waals surface area contributed by atoms with Crippen LogP contribution in [0.4, 0.5) is 10.1 Å². The summed E-state index contributed by atoms with van der Waals surface area (Å²) in [6.07, 6.45) is 1.01. The first-order valence-corrected chi connectivity index (χ1v) is 4.98. The zero-order chi connectivity index (χ0) is 10.1. The molecule has 0 saturated carbocycles. The molecule has 4 heteroatoms. The van der Waals surface area contributed by atoms with E-state index in [4.69, 9.17) is 16.3 Å². The van der Waals surface area contributed by atoms with Crippen molar-refractivity contribution in [1.82, 2.24) is 0 Å². The van der Waals surface area contributed by atoms with Gasteiger partial charge in [0.05, 0.1) is 17.3 Å². The summed E-state index contributed by atoms with van der Waals surface area (Å²) in [6, 6.07) is 2.88. The highest BCUT2D eigenvalue weighted by molar-refractivity contribution is 6.31. The summed E-state index contributed by atoms with van der Waals surface area (Å²) in [4.78, 5) is 0. The third kappa shape index (κ3) is 1.64. The van der Waals surface area contributed by atoms with Gasteiger partial charge in [0.25, 0.3) is 0 Å². The Balaban J connectivity index is 2.33. The largest absolute Gasteiger partial charge is 0.486 e. The molecule has 0 aliphatic carbocycles. The Kier molecular flexibility index (Phi) is 2.50. The molecule has 0 amide bonds. The highest BCUT2D eigenvalue weighted by atomic mass is 35.5. The van der Waals surface area contributed by atoms with Crippen LogP contribution in [0.5, 0.6) is 5.75 Å². The number of hydrogen-bond acceptors (Lipinski definition) is 2. The van der Waals surface area contributed by atoms with Gasteiger partial charge >= 0.3 is 0 Å². The lowest BCUT2D eigenvalue weighted by Crippen LogP contribution is -2.30. The third-order valence-corrected chi connectivity index (χ3v) is 2.58. The fraction of sp³-hybridized carbons (Fsp3) is 0.400. The zero-order valence-corrected chi connectivity index (χ0v) is 8.57. The molecule has 1 atom stereocenters. The fourth-order valence-corrected chi connectivity index (χ4v) is 1.60. The van der Waals surface area contributed by atoms with Gasteiger partial charge in [0.2, 0.25) is 0 Å². The highest BCUT2D eigenvalue weighted by Gasteiger charge is 2.19. The molecule has 1 unspecified atom stereocenters. The molecule has 0 radical (unpaired) electrons. The number of ether oxygens (including phenoxy) is 1. The van der Waals surface area contributed by atoms with E-state index >= 15 is 0 Å². The van der Waals surface area contributed by atoms with Crippen molar-refractivity contribution in [2.24, 2.45) is 0 Å². The lowest BCUT2D eigenvalue weighted by molar-refractivity contribution is 0.201. The molecule has 1 aliphatic heterocycles. The van der Waals surface area contributed by atoms with Crippen LogP contribution in [0.25, 0.3) is 0 Å². The van der Waals surface area contributed by atoms with Crippen molar-refractivity contribution < 1.29 is 9.13 Å². The number of hydrogen-bond donors (Lipinski definition) is 1. The minimum atomic E-state index is -0.441. The van der Waals surface area contributed by atoms with Crippen LogP contribution in [0.2, 0.25) is 5.02 Å². The topological polar surface area (TPSA) is 21.3 Å². The van der Waals surface area contributed by atoms with Crippen molar-refractivity contribution in [3.63, 3.8) is 0 Å². The molecule has 0 bridgehead atoms. The van der Waals surface area contributed by atoms with Gasteiger partial charge in [0.15, 0.2) is 0 Å². The van der Waals surface area contributed by atoms with Crippen LogP contribution in [0.1, 0.15) is 13.3 Å². The number of anilines is 1. The van der Waals surface area contributed by atoms with E-state index in [-0.39, 0.29) is 11.1 Å². The predicted octanol–water partition coefficient (Wildman–Crippen LogP) is 3.06. The molecule has 0 saturated heterocycles. The van der Waals surface area contributed by atoms with Crippen molar-refractivity contribution in [3.05, 3.63) is 23.0 Å². The second kappa shape index (κ2) is 3.65. The van der Waals surface area contributed by atoms with E-state index in [1.54, 1.807) is 6.07 Å². The third-order valence-electron chi connectivity index (χ3n) is 2.29. The monoisotopic (exact) mass is 215 g/mol. The van der Waals surface area contributed by atoms with Crippen LogP contribution in [0.3, 0.4) is 0 Å². The molecule has 1 aliphatic rings. The van der Waals surface area contributed by atoms with E-state index in [1.807, 2.05) is 6.92 Å². The average Bonchev–Trinajstić information content (AvgIpc) is 2.19. The Morgan fingerprint density at radius 3 is 3.14 bits per heavy atom. The molecule has 2 rings (SSSR count). The smallest absolute Gasteiger partial charge is 0.145 e. The summed E-state index contributed by atoms with van der Waals surface area (Å²) >= 11 is 5.65. The molecular formula is C10H11ClFNO. The Morgan fingerprint density at radius 2 is 2.43 bits per heavy atom. The highest BCUT2D eigenvalue weighted by Crippen LogP contribution is 2.33. The van der Waals surface area contributed by atoms with Gasteiger partial charge in [-0.25, -0.2) is 4.39 Å².